The largest absolute Gasteiger partial charge is 0.381 e. The molecular formula is C12H18ClN3O. The Kier molecular flexibility index (Phi) is 4.20. The van der Waals surface area contributed by atoms with Crippen molar-refractivity contribution in [2.24, 2.45) is 5.73 Å². The highest BCUT2D eigenvalue weighted by atomic mass is 35.5. The van der Waals surface area contributed by atoms with Crippen LogP contribution in [0.1, 0.15) is 18.5 Å². The Morgan fingerprint density at radius 2 is 2.18 bits per heavy atom. The van der Waals surface area contributed by atoms with Gasteiger partial charge in [0.15, 0.2) is 0 Å². The van der Waals surface area contributed by atoms with Gasteiger partial charge in [-0.1, -0.05) is 11.6 Å². The lowest BCUT2D eigenvalue weighted by Crippen LogP contribution is -2.37. The van der Waals surface area contributed by atoms with Crippen molar-refractivity contribution in [3.8, 4) is 0 Å². The van der Waals surface area contributed by atoms with E-state index in [0.717, 1.165) is 37.6 Å². The Balaban J connectivity index is 2.15. The van der Waals surface area contributed by atoms with Crippen LogP contribution in [0, 0.1) is 0 Å². The highest BCUT2D eigenvalue weighted by Gasteiger charge is 2.19. The molecule has 0 aliphatic carbocycles. The van der Waals surface area contributed by atoms with Crippen LogP contribution in [0.2, 0.25) is 5.02 Å². The van der Waals surface area contributed by atoms with Crippen molar-refractivity contribution in [2.75, 3.05) is 25.2 Å². The zero-order chi connectivity index (χ0) is 12.3. The van der Waals surface area contributed by atoms with Crippen LogP contribution in [0.3, 0.4) is 0 Å². The molecule has 0 unspecified atom stereocenters. The topological polar surface area (TPSA) is 51.4 Å². The first-order valence-electron chi connectivity index (χ1n) is 5.88. The third kappa shape index (κ3) is 2.89. The van der Waals surface area contributed by atoms with E-state index in [1.54, 1.807) is 0 Å². The van der Waals surface area contributed by atoms with Crippen molar-refractivity contribution in [3.63, 3.8) is 0 Å². The first-order chi connectivity index (χ1) is 8.22. The molecule has 0 radical (unpaired) electrons. The minimum atomic E-state index is 0.369. The Bertz CT molecular complexity index is 380. The molecular weight excluding hydrogens is 238 g/mol. The molecule has 0 spiro atoms. The van der Waals surface area contributed by atoms with Gasteiger partial charge < -0.3 is 15.4 Å². The second-order valence-electron chi connectivity index (χ2n) is 4.26. The van der Waals surface area contributed by atoms with Gasteiger partial charge in [0.05, 0.1) is 10.7 Å². The van der Waals surface area contributed by atoms with E-state index >= 15 is 0 Å². The summed E-state index contributed by atoms with van der Waals surface area (Å²) < 4.78 is 5.36. The second kappa shape index (κ2) is 5.67. The Morgan fingerprint density at radius 1 is 1.47 bits per heavy atom. The molecule has 4 nitrogen and oxygen atoms in total. The van der Waals surface area contributed by atoms with Gasteiger partial charge in [0.1, 0.15) is 5.82 Å². The molecule has 0 aromatic carbocycles. The molecule has 0 saturated carbocycles. The number of halogens is 1. The summed E-state index contributed by atoms with van der Waals surface area (Å²) in [5, 5.41) is 0.636. The number of pyridine rings is 1. The minimum absolute atomic E-state index is 0.369. The second-order valence-corrected chi connectivity index (χ2v) is 4.66. The number of ether oxygens (including phenoxy) is 1. The van der Waals surface area contributed by atoms with Crippen molar-refractivity contribution >= 4 is 17.4 Å². The minimum Gasteiger partial charge on any atom is -0.381 e. The monoisotopic (exact) mass is 255 g/mol. The van der Waals surface area contributed by atoms with Crippen LogP contribution in [0.5, 0.6) is 0 Å². The number of nitrogens with zero attached hydrogens (tertiary/aromatic N) is 2. The zero-order valence-corrected chi connectivity index (χ0v) is 10.8. The quantitative estimate of drug-likeness (QED) is 0.895. The van der Waals surface area contributed by atoms with Gasteiger partial charge in [-0.2, -0.15) is 0 Å². The summed E-state index contributed by atoms with van der Waals surface area (Å²) in [5.41, 5.74) is 6.37. The Labute approximate surface area is 107 Å². The van der Waals surface area contributed by atoms with E-state index < -0.39 is 0 Å². The van der Waals surface area contributed by atoms with Crippen LogP contribution >= 0.6 is 11.6 Å². The molecule has 1 aliphatic heterocycles. The van der Waals surface area contributed by atoms with Crippen molar-refractivity contribution in [3.05, 3.63) is 22.8 Å². The average molecular weight is 256 g/mol. The molecule has 17 heavy (non-hydrogen) atoms. The van der Waals surface area contributed by atoms with Gasteiger partial charge in [-0.25, -0.2) is 4.98 Å². The number of hydrogen-bond acceptors (Lipinski definition) is 4. The fourth-order valence-electron chi connectivity index (χ4n) is 2.07. The van der Waals surface area contributed by atoms with Gasteiger partial charge in [-0.15, -0.1) is 0 Å². The van der Waals surface area contributed by atoms with E-state index in [2.05, 4.69) is 16.9 Å². The van der Waals surface area contributed by atoms with Gasteiger partial charge in [-0.3, -0.25) is 0 Å². The fourth-order valence-corrected chi connectivity index (χ4v) is 2.25. The number of nitrogens with two attached hydrogens (primary N) is 1. The first-order valence-corrected chi connectivity index (χ1v) is 6.26. The molecule has 2 rings (SSSR count). The lowest BCUT2D eigenvalue weighted by molar-refractivity contribution is 0.0853. The maximum absolute atomic E-state index is 6.01. The molecule has 1 saturated heterocycles. The lowest BCUT2D eigenvalue weighted by Gasteiger charge is -2.32. The molecule has 1 aromatic rings. The van der Waals surface area contributed by atoms with Crippen LogP contribution in [-0.4, -0.2) is 31.3 Å². The van der Waals surface area contributed by atoms with Crippen LogP contribution in [-0.2, 0) is 11.3 Å². The van der Waals surface area contributed by atoms with E-state index in [1.807, 2.05) is 12.1 Å². The molecule has 1 aromatic heterocycles. The van der Waals surface area contributed by atoms with E-state index in [9.17, 15) is 0 Å². The molecule has 0 bridgehead atoms. The lowest BCUT2D eigenvalue weighted by atomic mass is 10.1. The van der Waals surface area contributed by atoms with E-state index in [4.69, 9.17) is 22.1 Å². The summed E-state index contributed by atoms with van der Waals surface area (Å²) in [7, 11) is 2.06. The molecule has 1 aliphatic rings. The maximum atomic E-state index is 6.01. The van der Waals surface area contributed by atoms with E-state index in [-0.39, 0.29) is 0 Å². The zero-order valence-electron chi connectivity index (χ0n) is 10.0. The van der Waals surface area contributed by atoms with Gasteiger partial charge in [-0.05, 0) is 25.0 Å². The predicted octanol–water partition coefficient (Wildman–Crippen LogP) is 1.81. The van der Waals surface area contributed by atoms with Crippen molar-refractivity contribution in [1.29, 1.82) is 0 Å². The molecule has 0 amide bonds. The van der Waals surface area contributed by atoms with Gasteiger partial charge >= 0.3 is 0 Å². The Hall–Kier alpha value is -0.840. The Morgan fingerprint density at radius 3 is 2.82 bits per heavy atom. The smallest absolute Gasteiger partial charge is 0.128 e. The van der Waals surface area contributed by atoms with Crippen molar-refractivity contribution < 1.29 is 4.74 Å². The van der Waals surface area contributed by atoms with E-state index in [0.29, 0.717) is 17.6 Å². The molecule has 5 heteroatoms. The van der Waals surface area contributed by atoms with Crippen LogP contribution in [0.15, 0.2) is 12.1 Å². The molecule has 94 valence electrons. The van der Waals surface area contributed by atoms with Gasteiger partial charge in [0.25, 0.3) is 0 Å². The maximum Gasteiger partial charge on any atom is 0.128 e. The standard InChI is InChI=1S/C12H18ClN3O/c1-16(9-4-6-17-7-5-9)12-3-2-10(13)11(8-14)15-12/h2-3,9H,4-8,14H2,1H3. The van der Waals surface area contributed by atoms with Gasteiger partial charge in [0.2, 0.25) is 0 Å². The summed E-state index contributed by atoms with van der Waals surface area (Å²) in [4.78, 5) is 6.69. The highest BCUT2D eigenvalue weighted by molar-refractivity contribution is 6.31. The third-order valence-electron chi connectivity index (χ3n) is 3.20. The summed E-state index contributed by atoms with van der Waals surface area (Å²) in [6.45, 7) is 2.02. The average Bonchev–Trinajstić information content (AvgIpc) is 2.39. The third-order valence-corrected chi connectivity index (χ3v) is 3.54. The van der Waals surface area contributed by atoms with Crippen LogP contribution in [0.4, 0.5) is 5.82 Å². The summed E-state index contributed by atoms with van der Waals surface area (Å²) in [6, 6.07) is 4.29. The van der Waals surface area contributed by atoms with Gasteiger partial charge in [0, 0.05) is 32.8 Å². The van der Waals surface area contributed by atoms with Crippen molar-refractivity contribution in [2.45, 2.75) is 25.4 Å². The summed E-state index contributed by atoms with van der Waals surface area (Å²) in [5.74, 6) is 0.932. The van der Waals surface area contributed by atoms with E-state index in [1.165, 1.54) is 0 Å². The predicted molar refractivity (Wildman–Crippen MR) is 69.4 cm³/mol. The number of aromatic nitrogens is 1. The van der Waals surface area contributed by atoms with Crippen LogP contribution in [0.25, 0.3) is 0 Å². The first kappa shape index (κ1) is 12.6. The SMILES string of the molecule is CN(c1ccc(Cl)c(CN)n1)C1CCOCC1. The number of rotatable bonds is 3. The normalized spacial score (nSPS) is 17.1. The van der Waals surface area contributed by atoms with Crippen LogP contribution < -0.4 is 10.6 Å². The number of anilines is 1. The van der Waals surface area contributed by atoms with Crippen molar-refractivity contribution in [1.82, 2.24) is 4.98 Å². The molecule has 2 heterocycles. The molecule has 1 fully saturated rings. The molecule has 0 atom stereocenters. The summed E-state index contributed by atoms with van der Waals surface area (Å²) >= 11 is 6.01. The molecule has 2 N–H and O–H groups in total. The fraction of sp³-hybridized carbons (Fsp3) is 0.583. The summed E-state index contributed by atoms with van der Waals surface area (Å²) in [6.07, 6.45) is 2.08. The highest BCUT2D eigenvalue weighted by Crippen LogP contribution is 2.22. The number of hydrogen-bond donors (Lipinski definition) is 1.